The molecule has 2 unspecified atom stereocenters. The average Bonchev–Trinajstić information content (AvgIpc) is 2.35. The van der Waals surface area contributed by atoms with E-state index >= 15 is 0 Å². The first kappa shape index (κ1) is 16.2. The number of carbonyl (C=O) groups is 1. The lowest BCUT2D eigenvalue weighted by Gasteiger charge is -2.20. The second-order valence-electron chi connectivity index (χ2n) is 5.05. The van der Waals surface area contributed by atoms with E-state index in [1.807, 2.05) is 13.8 Å². The number of carbonyl (C=O) groups excluding carboxylic acids is 1. The molecule has 19 heavy (non-hydrogen) atoms. The molecule has 1 aromatic carbocycles. The highest BCUT2D eigenvalue weighted by Crippen LogP contribution is 2.21. The zero-order chi connectivity index (χ0) is 14.8. The van der Waals surface area contributed by atoms with Crippen molar-refractivity contribution in [2.45, 2.75) is 38.2 Å². The molecule has 0 N–H and O–H groups in total. The van der Waals surface area contributed by atoms with Crippen molar-refractivity contribution >= 4 is 27.2 Å². The number of ketones is 1. The highest BCUT2D eigenvalue weighted by molar-refractivity contribution is 7.93. The van der Waals surface area contributed by atoms with E-state index in [1.165, 1.54) is 13.0 Å². The van der Waals surface area contributed by atoms with Crippen LogP contribution in [0.3, 0.4) is 0 Å². The SMILES string of the molecule is CC(C)C(C)S(=O)(=O)C(C)C(=O)c1cccc(Cl)c1. The molecular weight excluding hydrogens is 284 g/mol. The standard InChI is InChI=1S/C14H19ClO3S/c1-9(2)10(3)19(17,18)11(4)14(16)12-6-5-7-13(15)8-12/h5-11H,1-4H3. The van der Waals surface area contributed by atoms with Crippen LogP contribution in [0.1, 0.15) is 38.1 Å². The second kappa shape index (κ2) is 6.06. The fourth-order valence-corrected chi connectivity index (χ4v) is 3.75. The van der Waals surface area contributed by atoms with Crippen molar-refractivity contribution in [1.29, 1.82) is 0 Å². The molecule has 106 valence electrons. The van der Waals surface area contributed by atoms with Crippen molar-refractivity contribution in [2.24, 2.45) is 5.92 Å². The topological polar surface area (TPSA) is 51.2 Å². The molecule has 0 saturated heterocycles. The predicted octanol–water partition coefficient (Wildman–Crippen LogP) is 3.37. The minimum atomic E-state index is -3.49. The monoisotopic (exact) mass is 302 g/mol. The summed E-state index contributed by atoms with van der Waals surface area (Å²) in [4.78, 5) is 12.2. The maximum absolute atomic E-state index is 12.3. The van der Waals surface area contributed by atoms with Gasteiger partial charge >= 0.3 is 0 Å². The van der Waals surface area contributed by atoms with Crippen molar-refractivity contribution in [3.63, 3.8) is 0 Å². The van der Waals surface area contributed by atoms with Crippen LogP contribution < -0.4 is 0 Å². The largest absolute Gasteiger partial charge is 0.293 e. The molecule has 0 heterocycles. The molecule has 0 radical (unpaired) electrons. The van der Waals surface area contributed by atoms with Gasteiger partial charge in [0.2, 0.25) is 0 Å². The molecule has 5 heteroatoms. The fourth-order valence-electron chi connectivity index (χ4n) is 1.73. The third-order valence-electron chi connectivity index (χ3n) is 3.43. The maximum Gasteiger partial charge on any atom is 0.180 e. The van der Waals surface area contributed by atoms with Crippen LogP contribution in [0.2, 0.25) is 5.02 Å². The first-order valence-electron chi connectivity index (χ1n) is 6.20. The molecule has 0 amide bonds. The summed E-state index contributed by atoms with van der Waals surface area (Å²) in [5.74, 6) is -0.436. The summed E-state index contributed by atoms with van der Waals surface area (Å²) >= 11 is 5.82. The summed E-state index contributed by atoms with van der Waals surface area (Å²) in [6.07, 6.45) is 0. The highest BCUT2D eigenvalue weighted by Gasteiger charge is 2.34. The van der Waals surface area contributed by atoms with Crippen molar-refractivity contribution < 1.29 is 13.2 Å². The molecule has 0 aliphatic carbocycles. The third kappa shape index (κ3) is 3.57. The number of halogens is 1. The maximum atomic E-state index is 12.3. The lowest BCUT2D eigenvalue weighted by atomic mass is 10.1. The first-order valence-corrected chi connectivity index (χ1v) is 8.19. The Bertz CT molecular complexity index is 564. The molecule has 0 aliphatic heterocycles. The molecule has 1 rings (SSSR count). The summed E-state index contributed by atoms with van der Waals surface area (Å²) in [5.41, 5.74) is 0.333. The Labute approximate surface area is 119 Å². The van der Waals surface area contributed by atoms with Crippen molar-refractivity contribution in [2.75, 3.05) is 0 Å². The van der Waals surface area contributed by atoms with Gasteiger partial charge in [-0.3, -0.25) is 4.79 Å². The van der Waals surface area contributed by atoms with Crippen LogP contribution in [0.5, 0.6) is 0 Å². The first-order chi connectivity index (χ1) is 8.67. The third-order valence-corrected chi connectivity index (χ3v) is 6.44. The Morgan fingerprint density at radius 1 is 1.16 bits per heavy atom. The van der Waals surface area contributed by atoms with Gasteiger partial charge in [-0.05, 0) is 31.9 Å². The van der Waals surface area contributed by atoms with E-state index in [-0.39, 0.29) is 5.92 Å². The molecule has 0 saturated carbocycles. The van der Waals surface area contributed by atoms with Gasteiger partial charge in [-0.2, -0.15) is 0 Å². The van der Waals surface area contributed by atoms with E-state index in [2.05, 4.69) is 0 Å². The van der Waals surface area contributed by atoms with Crippen LogP contribution in [0, 0.1) is 5.92 Å². The zero-order valence-electron chi connectivity index (χ0n) is 11.6. The summed E-state index contributed by atoms with van der Waals surface area (Å²) in [6, 6.07) is 6.37. The van der Waals surface area contributed by atoms with E-state index in [4.69, 9.17) is 11.6 Å². The smallest absolute Gasteiger partial charge is 0.180 e. The molecule has 0 spiro atoms. The van der Waals surface area contributed by atoms with E-state index in [0.717, 1.165) is 0 Å². The minimum absolute atomic E-state index is 0.0281. The summed E-state index contributed by atoms with van der Waals surface area (Å²) in [6.45, 7) is 6.75. The quantitative estimate of drug-likeness (QED) is 0.784. The Morgan fingerprint density at radius 3 is 2.21 bits per heavy atom. The molecular formula is C14H19ClO3S. The van der Waals surface area contributed by atoms with E-state index < -0.39 is 26.1 Å². The van der Waals surface area contributed by atoms with Crippen LogP contribution in [0.15, 0.2) is 24.3 Å². The molecule has 0 fully saturated rings. The van der Waals surface area contributed by atoms with Gasteiger partial charge in [-0.25, -0.2) is 8.42 Å². The lowest BCUT2D eigenvalue weighted by molar-refractivity contribution is 0.0991. The normalized spacial score (nSPS) is 15.3. The average molecular weight is 303 g/mol. The van der Waals surface area contributed by atoms with Gasteiger partial charge < -0.3 is 0 Å². The van der Waals surface area contributed by atoms with Gasteiger partial charge in [0.05, 0.1) is 5.25 Å². The fraction of sp³-hybridized carbons (Fsp3) is 0.500. The summed E-state index contributed by atoms with van der Waals surface area (Å²) < 4.78 is 24.6. The predicted molar refractivity (Wildman–Crippen MR) is 78.5 cm³/mol. The number of benzene rings is 1. The summed E-state index contributed by atoms with van der Waals surface area (Å²) in [5, 5.41) is -1.18. The van der Waals surface area contributed by atoms with Crippen LogP contribution in [0.4, 0.5) is 0 Å². The van der Waals surface area contributed by atoms with E-state index in [0.29, 0.717) is 10.6 Å². The summed E-state index contributed by atoms with van der Waals surface area (Å²) in [7, 11) is -3.49. The van der Waals surface area contributed by atoms with E-state index in [9.17, 15) is 13.2 Å². The molecule has 0 bridgehead atoms. The molecule has 1 aromatic rings. The highest BCUT2D eigenvalue weighted by atomic mass is 35.5. The number of sulfone groups is 1. The molecule has 3 nitrogen and oxygen atoms in total. The van der Waals surface area contributed by atoms with E-state index in [1.54, 1.807) is 25.1 Å². The van der Waals surface area contributed by atoms with Gasteiger partial charge in [0.1, 0.15) is 5.25 Å². The zero-order valence-corrected chi connectivity index (χ0v) is 13.1. The van der Waals surface area contributed by atoms with Crippen molar-refractivity contribution in [1.82, 2.24) is 0 Å². The Morgan fingerprint density at radius 2 is 1.74 bits per heavy atom. The van der Waals surface area contributed by atoms with Crippen LogP contribution in [-0.2, 0) is 9.84 Å². The number of rotatable bonds is 5. The van der Waals surface area contributed by atoms with Crippen LogP contribution >= 0.6 is 11.6 Å². The van der Waals surface area contributed by atoms with Crippen LogP contribution in [-0.4, -0.2) is 24.7 Å². The minimum Gasteiger partial charge on any atom is -0.293 e. The molecule has 2 atom stereocenters. The van der Waals surface area contributed by atoms with Crippen molar-refractivity contribution in [3.05, 3.63) is 34.9 Å². The Hall–Kier alpha value is -0.870. The van der Waals surface area contributed by atoms with Gasteiger partial charge in [-0.15, -0.1) is 0 Å². The lowest BCUT2D eigenvalue weighted by Crippen LogP contribution is -2.36. The Kier molecular flexibility index (Phi) is 5.16. The van der Waals surface area contributed by atoms with Crippen LogP contribution in [0.25, 0.3) is 0 Å². The number of hydrogen-bond acceptors (Lipinski definition) is 3. The number of Topliss-reactive ketones (excluding diaryl/α,β-unsaturated/α-hetero) is 1. The van der Waals surface area contributed by atoms with Gasteiger partial charge in [0.25, 0.3) is 0 Å². The number of hydrogen-bond donors (Lipinski definition) is 0. The Balaban J connectivity index is 3.07. The van der Waals surface area contributed by atoms with Gasteiger partial charge in [0.15, 0.2) is 15.6 Å². The van der Waals surface area contributed by atoms with Crippen molar-refractivity contribution in [3.8, 4) is 0 Å². The van der Waals surface area contributed by atoms with Gasteiger partial charge in [-0.1, -0.05) is 37.6 Å². The van der Waals surface area contributed by atoms with Gasteiger partial charge in [0, 0.05) is 10.6 Å². The molecule has 0 aliphatic rings. The second-order valence-corrected chi connectivity index (χ2v) is 8.12. The molecule has 0 aromatic heterocycles.